The molecule has 5 rings (SSSR count). The molecule has 1 atom stereocenters. The quantitative estimate of drug-likeness (QED) is 0.357. The average molecular weight is 541 g/mol. The highest BCUT2D eigenvalue weighted by Crippen LogP contribution is 2.35. The number of fused-ring (bicyclic) bond motifs is 1. The van der Waals surface area contributed by atoms with Gasteiger partial charge in [0.15, 0.2) is 5.13 Å². The molecule has 3 aromatic rings. The van der Waals surface area contributed by atoms with Crippen molar-refractivity contribution in [2.75, 3.05) is 47.3 Å². The van der Waals surface area contributed by atoms with E-state index in [1.807, 2.05) is 23.6 Å². The molecule has 1 amide bonds. The molecule has 1 saturated heterocycles. The molecular weight excluding hydrogens is 508 g/mol. The van der Waals surface area contributed by atoms with Crippen LogP contribution in [0.5, 0.6) is 0 Å². The fourth-order valence-corrected chi connectivity index (χ4v) is 6.79. The largest absolute Gasteiger partial charge is 0.369 e. The molecule has 0 saturated carbocycles. The number of nitrogens with one attached hydrogen (secondary N) is 3. The van der Waals surface area contributed by atoms with Gasteiger partial charge in [-0.15, -0.1) is 11.3 Å². The highest BCUT2D eigenvalue weighted by Gasteiger charge is 2.26. The molecule has 4 heterocycles. The summed E-state index contributed by atoms with van der Waals surface area (Å²) in [5, 5.41) is 8.68. The number of hydrogen-bond acceptors (Lipinski definition) is 8. The summed E-state index contributed by atoms with van der Waals surface area (Å²) in [6.07, 6.45) is 6.14. The average Bonchev–Trinajstić information content (AvgIpc) is 3.51. The third-order valence-corrected chi connectivity index (χ3v) is 8.86. The van der Waals surface area contributed by atoms with Crippen molar-refractivity contribution >= 4 is 43.9 Å². The lowest BCUT2D eigenvalue weighted by Gasteiger charge is -2.26. The second kappa shape index (κ2) is 11.6. The fourth-order valence-electron chi connectivity index (χ4n) is 4.91. The number of anilines is 3. The minimum Gasteiger partial charge on any atom is -0.369 e. The number of rotatable bonds is 10. The lowest BCUT2D eigenvalue weighted by molar-refractivity contribution is -0.115. The van der Waals surface area contributed by atoms with Crippen molar-refractivity contribution in [3.8, 4) is 0 Å². The maximum absolute atomic E-state index is 12.7. The number of carbonyl (C=O) groups is 1. The van der Waals surface area contributed by atoms with Crippen LogP contribution in [0.3, 0.4) is 0 Å². The lowest BCUT2D eigenvalue weighted by atomic mass is 10.0. The van der Waals surface area contributed by atoms with E-state index in [4.69, 9.17) is 0 Å². The monoisotopic (exact) mass is 540 g/mol. The number of piperidine rings is 1. The third-order valence-electron chi connectivity index (χ3n) is 6.71. The SMILES string of the molecule is O=C(Cc1cccc(NS(=O)(=O)CCCN2CCCCC2)c1)Nc1nc(C2CNc3ncccc32)cs1. The van der Waals surface area contributed by atoms with Crippen LogP contribution in [0.2, 0.25) is 0 Å². The standard InChI is InChI=1S/C26H32N6O3S2/c33-24(30-26-29-23(18-36-26)22-17-28-25-21(22)9-5-10-27-25)16-19-7-4-8-20(15-19)31-37(34,35)14-6-13-32-11-2-1-3-12-32/h4-5,7-10,15,18,22,31H,1-3,6,11-14,16-17H2,(H,27,28)(H,29,30,33). The summed E-state index contributed by atoms with van der Waals surface area (Å²) in [6, 6.07) is 10.9. The molecule has 11 heteroatoms. The molecule has 0 spiro atoms. The molecule has 9 nitrogen and oxygen atoms in total. The van der Waals surface area contributed by atoms with E-state index >= 15 is 0 Å². The van der Waals surface area contributed by atoms with Crippen molar-refractivity contribution in [3.63, 3.8) is 0 Å². The number of carbonyl (C=O) groups excluding carboxylic acids is 1. The van der Waals surface area contributed by atoms with Crippen molar-refractivity contribution in [1.82, 2.24) is 14.9 Å². The first kappa shape index (κ1) is 25.6. The number of thiazole rings is 1. The zero-order chi connectivity index (χ0) is 25.7. The van der Waals surface area contributed by atoms with Crippen LogP contribution < -0.4 is 15.4 Å². The van der Waals surface area contributed by atoms with E-state index in [9.17, 15) is 13.2 Å². The number of sulfonamides is 1. The van der Waals surface area contributed by atoms with Crippen molar-refractivity contribution in [2.45, 2.75) is 38.0 Å². The highest BCUT2D eigenvalue weighted by atomic mass is 32.2. The topological polar surface area (TPSA) is 116 Å². The van der Waals surface area contributed by atoms with E-state index in [1.54, 1.807) is 24.4 Å². The Labute approximate surface area is 221 Å². The Morgan fingerprint density at radius 2 is 2.03 bits per heavy atom. The van der Waals surface area contributed by atoms with E-state index in [0.717, 1.165) is 48.8 Å². The molecule has 2 aromatic heterocycles. The predicted octanol–water partition coefficient (Wildman–Crippen LogP) is 3.89. The summed E-state index contributed by atoms with van der Waals surface area (Å²) in [5.41, 5.74) is 3.20. The number of amides is 1. The molecule has 3 N–H and O–H groups in total. The summed E-state index contributed by atoms with van der Waals surface area (Å²) in [5.74, 6) is 0.866. The molecule has 2 aliphatic heterocycles. The van der Waals surface area contributed by atoms with Crippen LogP contribution in [0, 0.1) is 0 Å². The van der Waals surface area contributed by atoms with Crippen molar-refractivity contribution in [1.29, 1.82) is 0 Å². The van der Waals surface area contributed by atoms with Gasteiger partial charge in [0.25, 0.3) is 0 Å². The second-order valence-electron chi connectivity index (χ2n) is 9.55. The molecule has 2 aliphatic rings. The summed E-state index contributed by atoms with van der Waals surface area (Å²) in [6.45, 7) is 3.65. The third kappa shape index (κ3) is 6.85. The Balaban J connectivity index is 1.13. The van der Waals surface area contributed by atoms with E-state index < -0.39 is 10.0 Å². The molecule has 0 bridgehead atoms. The molecule has 0 aliphatic carbocycles. The highest BCUT2D eigenvalue weighted by molar-refractivity contribution is 7.92. The Kier molecular flexibility index (Phi) is 8.02. The first-order valence-corrected chi connectivity index (χ1v) is 15.2. The van der Waals surface area contributed by atoms with Crippen LogP contribution in [0.4, 0.5) is 16.6 Å². The van der Waals surface area contributed by atoms with Gasteiger partial charge in [0, 0.05) is 35.3 Å². The maximum Gasteiger partial charge on any atom is 0.232 e. The van der Waals surface area contributed by atoms with Crippen LogP contribution in [-0.2, 0) is 21.2 Å². The molecule has 0 radical (unpaired) electrons. The smallest absolute Gasteiger partial charge is 0.232 e. The molecule has 37 heavy (non-hydrogen) atoms. The zero-order valence-corrected chi connectivity index (χ0v) is 22.3. The summed E-state index contributed by atoms with van der Waals surface area (Å²) in [7, 11) is -3.45. The lowest BCUT2D eigenvalue weighted by Crippen LogP contribution is -2.32. The Hall–Kier alpha value is -3.02. The number of likely N-dealkylation sites (tertiary alicyclic amines) is 1. The van der Waals surface area contributed by atoms with Gasteiger partial charge >= 0.3 is 0 Å². The number of aromatic nitrogens is 2. The van der Waals surface area contributed by atoms with Crippen LogP contribution >= 0.6 is 11.3 Å². The Bertz CT molecular complexity index is 1340. The van der Waals surface area contributed by atoms with Gasteiger partial charge < -0.3 is 15.5 Å². The van der Waals surface area contributed by atoms with Crippen molar-refractivity contribution in [2.24, 2.45) is 0 Å². The molecule has 196 valence electrons. The molecule has 1 fully saturated rings. The van der Waals surface area contributed by atoms with Gasteiger partial charge in [-0.3, -0.25) is 9.52 Å². The van der Waals surface area contributed by atoms with E-state index in [2.05, 4.69) is 30.2 Å². The van der Waals surface area contributed by atoms with E-state index in [1.165, 1.54) is 30.6 Å². The Morgan fingerprint density at radius 3 is 2.89 bits per heavy atom. The normalized spacial score (nSPS) is 17.7. The van der Waals surface area contributed by atoms with Gasteiger partial charge in [-0.1, -0.05) is 24.6 Å². The number of pyridine rings is 1. The number of hydrogen-bond donors (Lipinski definition) is 3. The van der Waals surface area contributed by atoms with Gasteiger partial charge in [-0.25, -0.2) is 18.4 Å². The number of nitrogens with zero attached hydrogens (tertiary/aromatic N) is 3. The minimum absolute atomic E-state index is 0.0810. The van der Waals surface area contributed by atoms with Crippen molar-refractivity contribution < 1.29 is 13.2 Å². The van der Waals surface area contributed by atoms with Crippen molar-refractivity contribution in [3.05, 3.63) is 64.8 Å². The van der Waals surface area contributed by atoms with Gasteiger partial charge in [0.2, 0.25) is 15.9 Å². The van der Waals surface area contributed by atoms with Crippen LogP contribution in [0.15, 0.2) is 48.0 Å². The predicted molar refractivity (Wildman–Crippen MR) is 148 cm³/mol. The number of benzene rings is 1. The molecular formula is C26H32N6O3S2. The fraction of sp³-hybridized carbons (Fsp3) is 0.423. The van der Waals surface area contributed by atoms with Crippen LogP contribution in [0.1, 0.15) is 48.4 Å². The van der Waals surface area contributed by atoms with Crippen LogP contribution in [0.25, 0.3) is 0 Å². The summed E-state index contributed by atoms with van der Waals surface area (Å²) >= 11 is 1.39. The first-order valence-electron chi connectivity index (χ1n) is 12.7. The van der Waals surface area contributed by atoms with Gasteiger partial charge in [0.05, 0.1) is 17.9 Å². The van der Waals surface area contributed by atoms with Gasteiger partial charge in [0.1, 0.15) is 5.82 Å². The summed E-state index contributed by atoms with van der Waals surface area (Å²) < 4.78 is 27.8. The van der Waals surface area contributed by atoms with Crippen LogP contribution in [-0.4, -0.2) is 61.1 Å². The second-order valence-corrected chi connectivity index (χ2v) is 12.3. The van der Waals surface area contributed by atoms with Gasteiger partial charge in [-0.2, -0.15) is 0 Å². The molecule has 1 unspecified atom stereocenters. The van der Waals surface area contributed by atoms with Gasteiger partial charge in [-0.05, 0) is 62.7 Å². The summed E-state index contributed by atoms with van der Waals surface area (Å²) in [4.78, 5) is 24.0. The Morgan fingerprint density at radius 1 is 1.16 bits per heavy atom. The zero-order valence-electron chi connectivity index (χ0n) is 20.7. The first-order chi connectivity index (χ1) is 17.9. The van der Waals surface area contributed by atoms with E-state index in [-0.39, 0.29) is 24.0 Å². The molecule has 1 aromatic carbocycles. The van der Waals surface area contributed by atoms with E-state index in [0.29, 0.717) is 17.2 Å². The maximum atomic E-state index is 12.7. The minimum atomic E-state index is -3.45.